The van der Waals surface area contributed by atoms with Crippen LogP contribution in [0.15, 0.2) is 69.0 Å². The number of methoxy groups -OCH3 is 1. The number of furan rings is 1. The Morgan fingerprint density at radius 3 is 2.47 bits per heavy atom. The Kier molecular flexibility index (Phi) is 6.02. The molecule has 0 aliphatic heterocycles. The highest BCUT2D eigenvalue weighted by Crippen LogP contribution is 2.28. The topological polar surface area (TPSA) is 136 Å². The third-order valence-corrected chi connectivity index (χ3v) is 5.37. The quantitative estimate of drug-likeness (QED) is 0.315. The molecule has 0 atom stereocenters. The van der Waals surface area contributed by atoms with Crippen molar-refractivity contribution in [2.45, 2.75) is 11.8 Å². The number of nitrogens with zero attached hydrogens (tertiary/aromatic N) is 2. The first-order chi connectivity index (χ1) is 14.3. The number of hydrogen-bond donors (Lipinski definition) is 2. The van der Waals surface area contributed by atoms with E-state index in [-0.39, 0.29) is 22.0 Å². The van der Waals surface area contributed by atoms with Crippen molar-refractivity contribution in [1.29, 1.82) is 0 Å². The first kappa shape index (κ1) is 20.9. The summed E-state index contributed by atoms with van der Waals surface area (Å²) < 4.78 is 38.6. The number of hydrogen-bond acceptors (Lipinski definition) is 8. The maximum atomic E-state index is 12.9. The van der Waals surface area contributed by atoms with Crippen molar-refractivity contribution in [2.24, 2.45) is 5.10 Å². The van der Waals surface area contributed by atoms with Crippen molar-refractivity contribution >= 4 is 33.3 Å². The molecule has 0 aliphatic carbocycles. The zero-order valence-electron chi connectivity index (χ0n) is 16.0. The normalized spacial score (nSPS) is 11.4. The van der Waals surface area contributed by atoms with E-state index >= 15 is 0 Å². The van der Waals surface area contributed by atoms with E-state index in [0.717, 1.165) is 6.07 Å². The molecule has 3 aromatic rings. The van der Waals surface area contributed by atoms with Gasteiger partial charge in [-0.3, -0.25) is 20.3 Å². The zero-order chi connectivity index (χ0) is 21.7. The van der Waals surface area contributed by atoms with Crippen LogP contribution in [0.25, 0.3) is 0 Å². The molecule has 156 valence electrons. The summed E-state index contributed by atoms with van der Waals surface area (Å²) in [7, 11) is -2.67. The number of nitrogens with one attached hydrogen (secondary N) is 2. The van der Waals surface area contributed by atoms with Crippen LogP contribution in [0.3, 0.4) is 0 Å². The van der Waals surface area contributed by atoms with E-state index in [1.54, 1.807) is 31.2 Å². The lowest BCUT2D eigenvalue weighted by Gasteiger charge is -2.12. The molecule has 0 saturated carbocycles. The number of ether oxygens (including phenoxy) is 1. The minimum atomic E-state index is -4.17. The van der Waals surface area contributed by atoms with Crippen LogP contribution in [0.1, 0.15) is 11.5 Å². The van der Waals surface area contributed by atoms with E-state index in [2.05, 4.69) is 15.2 Å². The van der Waals surface area contributed by atoms with Crippen LogP contribution in [0.2, 0.25) is 0 Å². The summed E-state index contributed by atoms with van der Waals surface area (Å²) in [5.41, 5.74) is 2.54. The number of sulfonamides is 1. The van der Waals surface area contributed by atoms with Crippen molar-refractivity contribution in [3.63, 3.8) is 0 Å². The van der Waals surface area contributed by atoms with E-state index in [0.29, 0.717) is 17.3 Å². The van der Waals surface area contributed by atoms with Crippen LogP contribution in [0.5, 0.6) is 5.75 Å². The zero-order valence-corrected chi connectivity index (χ0v) is 16.8. The van der Waals surface area contributed by atoms with E-state index < -0.39 is 14.9 Å². The Bertz CT molecular complexity index is 1190. The summed E-state index contributed by atoms with van der Waals surface area (Å²) in [5.74, 6) is 1.71. The molecular formula is C19H18N4O6S. The van der Waals surface area contributed by atoms with Gasteiger partial charge in [-0.05, 0) is 49.4 Å². The number of nitro groups is 1. The van der Waals surface area contributed by atoms with Crippen molar-refractivity contribution < 1.29 is 22.5 Å². The van der Waals surface area contributed by atoms with Gasteiger partial charge in [-0.2, -0.15) is 5.10 Å². The number of nitro benzene ring substituents is 1. The lowest BCUT2D eigenvalue weighted by Crippen LogP contribution is -2.15. The molecule has 10 nitrogen and oxygen atoms in total. The van der Waals surface area contributed by atoms with Crippen LogP contribution >= 0.6 is 0 Å². The lowest BCUT2D eigenvalue weighted by molar-refractivity contribution is -0.385. The summed E-state index contributed by atoms with van der Waals surface area (Å²) in [6.07, 6.45) is 1.36. The second kappa shape index (κ2) is 8.66. The van der Waals surface area contributed by atoms with Gasteiger partial charge in [0.2, 0.25) is 0 Å². The SMILES string of the molecule is COc1ccc(NS(=O)(=O)c2cc([N+](=O)[O-])ccc2N/N=C/c2ccc(C)o2)cc1. The molecule has 0 bridgehead atoms. The third kappa shape index (κ3) is 4.94. The molecule has 30 heavy (non-hydrogen) atoms. The molecule has 11 heteroatoms. The van der Waals surface area contributed by atoms with Crippen LogP contribution in [0.4, 0.5) is 17.1 Å². The summed E-state index contributed by atoms with van der Waals surface area (Å²) in [4.78, 5) is 10.1. The Hall–Kier alpha value is -3.86. The van der Waals surface area contributed by atoms with Crippen LogP contribution in [-0.4, -0.2) is 26.7 Å². The van der Waals surface area contributed by atoms with Crippen LogP contribution < -0.4 is 14.9 Å². The second-order valence-electron chi connectivity index (χ2n) is 6.09. The van der Waals surface area contributed by atoms with E-state index in [1.807, 2.05) is 0 Å². The van der Waals surface area contributed by atoms with Gasteiger partial charge in [0.1, 0.15) is 22.2 Å². The maximum absolute atomic E-state index is 12.9. The van der Waals surface area contributed by atoms with Gasteiger partial charge in [-0.25, -0.2) is 8.42 Å². The number of non-ortho nitro benzene ring substituents is 1. The van der Waals surface area contributed by atoms with Gasteiger partial charge in [0.15, 0.2) is 0 Å². The van der Waals surface area contributed by atoms with Gasteiger partial charge in [0, 0.05) is 17.8 Å². The molecule has 1 heterocycles. The molecule has 3 rings (SSSR count). The molecule has 0 aliphatic rings. The molecule has 1 aromatic heterocycles. The lowest BCUT2D eigenvalue weighted by atomic mass is 10.3. The van der Waals surface area contributed by atoms with Crippen molar-refractivity contribution in [3.8, 4) is 5.75 Å². The number of anilines is 2. The van der Waals surface area contributed by atoms with Crippen LogP contribution in [0, 0.1) is 17.0 Å². The fourth-order valence-electron chi connectivity index (χ4n) is 2.50. The summed E-state index contributed by atoms with van der Waals surface area (Å²) in [6, 6.07) is 13.0. The van der Waals surface area contributed by atoms with Gasteiger partial charge in [0.05, 0.1) is 23.9 Å². The molecule has 0 saturated heterocycles. The highest BCUT2D eigenvalue weighted by Gasteiger charge is 2.22. The third-order valence-electron chi connectivity index (χ3n) is 3.95. The first-order valence-electron chi connectivity index (χ1n) is 8.59. The minimum Gasteiger partial charge on any atom is -0.497 e. The Morgan fingerprint density at radius 1 is 1.13 bits per heavy atom. The fourth-order valence-corrected chi connectivity index (χ4v) is 3.73. The van der Waals surface area contributed by atoms with Crippen molar-refractivity contribution in [3.05, 3.63) is 76.2 Å². The summed E-state index contributed by atoms with van der Waals surface area (Å²) in [6.45, 7) is 1.77. The van der Waals surface area contributed by atoms with Gasteiger partial charge in [-0.15, -0.1) is 0 Å². The molecule has 0 radical (unpaired) electrons. The van der Waals surface area contributed by atoms with Gasteiger partial charge >= 0.3 is 0 Å². The van der Waals surface area contributed by atoms with E-state index in [9.17, 15) is 18.5 Å². The fraction of sp³-hybridized carbons (Fsp3) is 0.105. The molecule has 0 amide bonds. The molecule has 2 aromatic carbocycles. The van der Waals surface area contributed by atoms with E-state index in [4.69, 9.17) is 9.15 Å². The van der Waals surface area contributed by atoms with E-state index in [1.165, 1.54) is 37.6 Å². The number of aryl methyl sites for hydroxylation is 1. The molecule has 0 spiro atoms. The first-order valence-corrected chi connectivity index (χ1v) is 10.1. The smallest absolute Gasteiger partial charge is 0.270 e. The predicted molar refractivity (Wildman–Crippen MR) is 112 cm³/mol. The second-order valence-corrected chi connectivity index (χ2v) is 7.74. The van der Waals surface area contributed by atoms with Gasteiger partial charge in [-0.1, -0.05) is 0 Å². The van der Waals surface area contributed by atoms with Crippen LogP contribution in [-0.2, 0) is 10.0 Å². The number of benzene rings is 2. The molecule has 0 unspecified atom stereocenters. The Balaban J connectivity index is 1.91. The average molecular weight is 430 g/mol. The molecule has 0 fully saturated rings. The number of hydrazone groups is 1. The highest BCUT2D eigenvalue weighted by atomic mass is 32.2. The largest absolute Gasteiger partial charge is 0.497 e. The summed E-state index contributed by atoms with van der Waals surface area (Å²) >= 11 is 0. The number of rotatable bonds is 8. The Labute approximate surface area is 172 Å². The highest BCUT2D eigenvalue weighted by molar-refractivity contribution is 7.92. The Morgan fingerprint density at radius 2 is 1.87 bits per heavy atom. The average Bonchev–Trinajstić information content (AvgIpc) is 3.13. The minimum absolute atomic E-state index is 0.0566. The molecule has 2 N–H and O–H groups in total. The summed E-state index contributed by atoms with van der Waals surface area (Å²) in [5, 5.41) is 15.1. The maximum Gasteiger partial charge on any atom is 0.270 e. The predicted octanol–water partition coefficient (Wildman–Crippen LogP) is 3.75. The van der Waals surface area contributed by atoms with Crippen molar-refractivity contribution in [1.82, 2.24) is 0 Å². The monoisotopic (exact) mass is 430 g/mol. The van der Waals surface area contributed by atoms with Gasteiger partial charge < -0.3 is 9.15 Å². The molecular weight excluding hydrogens is 412 g/mol. The van der Waals surface area contributed by atoms with Crippen molar-refractivity contribution in [2.75, 3.05) is 17.3 Å². The standard InChI is InChI=1S/C19H18N4O6S/c1-13-3-7-17(29-13)12-20-21-18-10-6-15(23(24)25)11-19(18)30(26,27)22-14-4-8-16(28-2)9-5-14/h3-12,21-22H,1-2H3/b20-12+. The van der Waals surface area contributed by atoms with Gasteiger partial charge in [0.25, 0.3) is 15.7 Å².